The number of carbonyl (C=O) groups excluding carboxylic acids is 2. The fourth-order valence-electron chi connectivity index (χ4n) is 2.68. The summed E-state index contributed by atoms with van der Waals surface area (Å²) in [5.74, 6) is 0.924. The molecule has 2 amide bonds. The molecule has 1 aromatic carbocycles. The van der Waals surface area contributed by atoms with Crippen molar-refractivity contribution in [1.29, 1.82) is 0 Å². The number of nitrogens with zero attached hydrogens (tertiary/aromatic N) is 2. The molecular formula is C21H20N4O3S. The van der Waals surface area contributed by atoms with Gasteiger partial charge in [-0.15, -0.1) is 11.3 Å². The van der Waals surface area contributed by atoms with Gasteiger partial charge in [-0.05, 0) is 50.1 Å². The number of benzene rings is 1. The maximum absolute atomic E-state index is 12.5. The van der Waals surface area contributed by atoms with Gasteiger partial charge >= 0.3 is 0 Å². The fraction of sp³-hybridized carbons (Fsp3) is 0.238. The Morgan fingerprint density at radius 1 is 1.21 bits per heavy atom. The van der Waals surface area contributed by atoms with Crippen LogP contribution in [0.1, 0.15) is 33.9 Å². The molecule has 2 N–H and O–H groups in total. The summed E-state index contributed by atoms with van der Waals surface area (Å²) in [6, 6.07) is 10.4. The Morgan fingerprint density at radius 3 is 2.76 bits per heavy atom. The monoisotopic (exact) mass is 408 g/mol. The first-order chi connectivity index (χ1) is 14.1. The lowest BCUT2D eigenvalue weighted by Gasteiger charge is -2.09. The van der Waals surface area contributed by atoms with Crippen LogP contribution in [-0.2, 0) is 11.4 Å². The minimum atomic E-state index is -0.267. The first-order valence-corrected chi connectivity index (χ1v) is 10.2. The molecule has 0 unspecified atom stereocenters. The van der Waals surface area contributed by atoms with Gasteiger partial charge in [-0.1, -0.05) is 6.07 Å². The van der Waals surface area contributed by atoms with Crippen LogP contribution in [0.25, 0.3) is 0 Å². The smallest absolute Gasteiger partial charge is 0.255 e. The number of amides is 2. The Bertz CT molecular complexity index is 1030. The van der Waals surface area contributed by atoms with E-state index in [0.29, 0.717) is 29.4 Å². The van der Waals surface area contributed by atoms with Gasteiger partial charge in [-0.25, -0.2) is 9.97 Å². The summed E-state index contributed by atoms with van der Waals surface area (Å²) in [6.07, 6.45) is 3.39. The zero-order valence-electron chi connectivity index (χ0n) is 15.8. The molecule has 148 valence electrons. The molecule has 0 radical (unpaired) electrons. The van der Waals surface area contributed by atoms with Crippen molar-refractivity contribution in [3.05, 3.63) is 64.2 Å². The lowest BCUT2D eigenvalue weighted by Crippen LogP contribution is -2.15. The highest BCUT2D eigenvalue weighted by molar-refractivity contribution is 7.09. The van der Waals surface area contributed by atoms with Crippen LogP contribution in [0.5, 0.6) is 5.75 Å². The number of aromatic nitrogens is 2. The average molecular weight is 408 g/mol. The van der Waals surface area contributed by atoms with Crippen molar-refractivity contribution in [2.24, 2.45) is 5.92 Å². The second-order valence-corrected chi connectivity index (χ2v) is 7.89. The summed E-state index contributed by atoms with van der Waals surface area (Å²) in [4.78, 5) is 32.8. The van der Waals surface area contributed by atoms with E-state index in [1.54, 1.807) is 47.7 Å². The third kappa shape index (κ3) is 5.17. The van der Waals surface area contributed by atoms with E-state index in [9.17, 15) is 9.59 Å². The summed E-state index contributed by atoms with van der Waals surface area (Å²) in [5.41, 5.74) is 1.88. The van der Waals surface area contributed by atoms with Gasteiger partial charge in [-0.3, -0.25) is 9.59 Å². The molecule has 1 fully saturated rings. The lowest BCUT2D eigenvalue weighted by molar-refractivity contribution is -0.117. The van der Waals surface area contributed by atoms with E-state index in [0.717, 1.165) is 23.5 Å². The highest BCUT2D eigenvalue weighted by atomic mass is 32.1. The molecule has 2 heterocycles. The number of carbonyl (C=O) groups is 2. The number of pyridine rings is 1. The van der Waals surface area contributed by atoms with E-state index in [-0.39, 0.29) is 17.7 Å². The molecule has 0 atom stereocenters. The molecule has 8 heteroatoms. The van der Waals surface area contributed by atoms with Gasteiger partial charge in [0.15, 0.2) is 0 Å². The second-order valence-electron chi connectivity index (χ2n) is 6.82. The molecule has 7 nitrogen and oxygen atoms in total. The summed E-state index contributed by atoms with van der Waals surface area (Å²) in [6.45, 7) is 2.30. The van der Waals surface area contributed by atoms with E-state index in [1.807, 2.05) is 12.3 Å². The maximum atomic E-state index is 12.5. The normalized spacial score (nSPS) is 13.0. The lowest BCUT2D eigenvalue weighted by atomic mass is 10.2. The Kier molecular flexibility index (Phi) is 5.53. The molecule has 0 aliphatic heterocycles. The molecule has 4 rings (SSSR count). The van der Waals surface area contributed by atoms with Gasteiger partial charge in [0.05, 0.1) is 22.6 Å². The standard InChI is InChI=1S/C21H20N4O3S/c1-13-23-17(12-29-13)11-28-18-4-2-3-15(9-18)21(27)24-16-7-8-19(22-10-16)25-20(26)14-5-6-14/h2-4,7-10,12,14H,5-6,11H2,1H3,(H,24,27)(H,22,25,26). The number of thiazole rings is 1. The topological polar surface area (TPSA) is 93.2 Å². The predicted molar refractivity (Wildman–Crippen MR) is 111 cm³/mol. The van der Waals surface area contributed by atoms with Crippen molar-refractivity contribution in [1.82, 2.24) is 9.97 Å². The van der Waals surface area contributed by atoms with E-state index >= 15 is 0 Å². The zero-order chi connectivity index (χ0) is 20.2. The van der Waals surface area contributed by atoms with E-state index in [1.165, 1.54) is 6.20 Å². The Hall–Kier alpha value is -3.26. The van der Waals surface area contributed by atoms with Crippen molar-refractivity contribution in [2.45, 2.75) is 26.4 Å². The van der Waals surface area contributed by atoms with Gasteiger partial charge in [0.25, 0.3) is 5.91 Å². The van der Waals surface area contributed by atoms with E-state index in [2.05, 4.69) is 20.6 Å². The molecule has 2 aromatic heterocycles. The van der Waals surface area contributed by atoms with Crippen LogP contribution in [0.4, 0.5) is 11.5 Å². The number of rotatable bonds is 7. The number of aryl methyl sites for hydroxylation is 1. The molecular weight excluding hydrogens is 388 g/mol. The first kappa shape index (κ1) is 19.1. The summed E-state index contributed by atoms with van der Waals surface area (Å²) in [7, 11) is 0. The van der Waals surface area contributed by atoms with Crippen molar-refractivity contribution < 1.29 is 14.3 Å². The van der Waals surface area contributed by atoms with Crippen LogP contribution >= 0.6 is 11.3 Å². The Balaban J connectivity index is 1.34. The summed E-state index contributed by atoms with van der Waals surface area (Å²) < 4.78 is 5.74. The van der Waals surface area contributed by atoms with Gasteiger partial charge in [0, 0.05) is 16.9 Å². The highest BCUT2D eigenvalue weighted by Gasteiger charge is 2.29. The largest absolute Gasteiger partial charge is 0.487 e. The van der Waals surface area contributed by atoms with E-state index in [4.69, 9.17) is 4.74 Å². The third-order valence-electron chi connectivity index (χ3n) is 4.37. The number of hydrogen-bond donors (Lipinski definition) is 2. The van der Waals surface area contributed by atoms with Gasteiger partial charge < -0.3 is 15.4 Å². The minimum absolute atomic E-state index is 0.00101. The van der Waals surface area contributed by atoms with Crippen LogP contribution < -0.4 is 15.4 Å². The predicted octanol–water partition coefficient (Wildman–Crippen LogP) is 4.03. The molecule has 3 aromatic rings. The van der Waals surface area contributed by atoms with Gasteiger partial charge in [-0.2, -0.15) is 0 Å². The third-order valence-corrected chi connectivity index (χ3v) is 5.19. The number of nitrogens with one attached hydrogen (secondary N) is 2. The molecule has 0 spiro atoms. The van der Waals surface area contributed by atoms with Crippen molar-refractivity contribution in [3.63, 3.8) is 0 Å². The number of hydrogen-bond acceptors (Lipinski definition) is 6. The molecule has 1 aliphatic carbocycles. The quantitative estimate of drug-likeness (QED) is 0.616. The minimum Gasteiger partial charge on any atom is -0.487 e. The van der Waals surface area contributed by atoms with E-state index < -0.39 is 0 Å². The van der Waals surface area contributed by atoms with Crippen molar-refractivity contribution in [3.8, 4) is 5.75 Å². The number of ether oxygens (including phenoxy) is 1. The van der Waals surface area contributed by atoms with Gasteiger partial charge in [0.2, 0.25) is 5.91 Å². The van der Waals surface area contributed by atoms with Crippen LogP contribution in [0.2, 0.25) is 0 Å². The average Bonchev–Trinajstić information content (AvgIpc) is 3.50. The highest BCUT2D eigenvalue weighted by Crippen LogP contribution is 2.30. The molecule has 1 aliphatic rings. The molecule has 0 saturated heterocycles. The van der Waals surface area contributed by atoms with Crippen LogP contribution in [0.3, 0.4) is 0 Å². The van der Waals surface area contributed by atoms with Crippen molar-refractivity contribution in [2.75, 3.05) is 10.6 Å². The van der Waals surface area contributed by atoms with Crippen LogP contribution in [0.15, 0.2) is 48.0 Å². The molecule has 1 saturated carbocycles. The Labute approximate surface area is 172 Å². The molecule has 0 bridgehead atoms. The summed E-state index contributed by atoms with van der Waals surface area (Å²) in [5, 5.41) is 8.51. The SMILES string of the molecule is Cc1nc(COc2cccc(C(=O)Nc3ccc(NC(=O)C4CC4)nc3)c2)cs1. The zero-order valence-corrected chi connectivity index (χ0v) is 16.7. The van der Waals surface area contributed by atoms with Crippen LogP contribution in [0, 0.1) is 12.8 Å². The first-order valence-electron chi connectivity index (χ1n) is 9.29. The van der Waals surface area contributed by atoms with Crippen molar-refractivity contribution >= 4 is 34.7 Å². The fourth-order valence-corrected chi connectivity index (χ4v) is 3.28. The maximum Gasteiger partial charge on any atom is 0.255 e. The van der Waals surface area contributed by atoms with Gasteiger partial charge in [0.1, 0.15) is 18.2 Å². The van der Waals surface area contributed by atoms with Crippen LogP contribution in [-0.4, -0.2) is 21.8 Å². The number of anilines is 2. The second kappa shape index (κ2) is 8.40. The summed E-state index contributed by atoms with van der Waals surface area (Å²) >= 11 is 1.57. The Morgan fingerprint density at radius 2 is 2.07 bits per heavy atom. The molecule has 29 heavy (non-hydrogen) atoms.